The number of nitrogens with one attached hydrogen (secondary N) is 1. The molecule has 0 bridgehead atoms. The van der Waals surface area contributed by atoms with Crippen LogP contribution in [-0.2, 0) is 9.59 Å². The molecule has 17 heavy (non-hydrogen) atoms. The largest absolute Gasteiger partial charge is 0.346 e. The second-order valence-electron chi connectivity index (χ2n) is 4.88. The summed E-state index contributed by atoms with van der Waals surface area (Å²) in [5.74, 6) is 0.781. The zero-order chi connectivity index (χ0) is 13.4. The van der Waals surface area contributed by atoms with Crippen molar-refractivity contribution in [2.75, 3.05) is 6.54 Å². The summed E-state index contributed by atoms with van der Waals surface area (Å²) >= 11 is 0. The van der Waals surface area contributed by atoms with Gasteiger partial charge in [0.1, 0.15) is 0 Å². The Labute approximate surface area is 104 Å². The van der Waals surface area contributed by atoms with Crippen molar-refractivity contribution in [3.05, 3.63) is 0 Å². The highest BCUT2D eigenvalue weighted by molar-refractivity contribution is 5.87. The van der Waals surface area contributed by atoms with Gasteiger partial charge in [-0.15, -0.1) is 0 Å². The van der Waals surface area contributed by atoms with Gasteiger partial charge in [0.05, 0.1) is 6.04 Å². The minimum Gasteiger partial charge on any atom is -0.346 e. The van der Waals surface area contributed by atoms with Crippen molar-refractivity contribution in [3.63, 3.8) is 0 Å². The van der Waals surface area contributed by atoms with Crippen LogP contribution in [-0.4, -0.2) is 24.3 Å². The van der Waals surface area contributed by atoms with Gasteiger partial charge in [-0.05, 0) is 31.7 Å². The summed E-state index contributed by atoms with van der Waals surface area (Å²) in [6, 6.07) is -0.420. The van der Waals surface area contributed by atoms with E-state index in [4.69, 9.17) is 5.73 Å². The molecule has 0 spiro atoms. The van der Waals surface area contributed by atoms with Gasteiger partial charge in [-0.3, -0.25) is 9.59 Å². The van der Waals surface area contributed by atoms with E-state index in [2.05, 4.69) is 26.1 Å². The Hall–Kier alpha value is -0.900. The summed E-state index contributed by atoms with van der Waals surface area (Å²) in [6.07, 6.45) is 2.05. The summed E-state index contributed by atoms with van der Waals surface area (Å²) < 4.78 is 0. The van der Waals surface area contributed by atoms with Crippen molar-refractivity contribution in [1.29, 1.82) is 0 Å². The molecule has 0 heterocycles. The third-order valence-corrected chi connectivity index (χ3v) is 3.40. The summed E-state index contributed by atoms with van der Waals surface area (Å²) in [6.45, 7) is 8.22. The fraction of sp³-hybridized carbons (Fsp3) is 0.846. The molecule has 0 aromatic carbocycles. The molecular formula is C13H26N2O2. The minimum atomic E-state index is -0.420. The first-order valence-electron chi connectivity index (χ1n) is 6.42. The van der Waals surface area contributed by atoms with Crippen molar-refractivity contribution in [2.45, 2.75) is 53.0 Å². The first kappa shape index (κ1) is 16.1. The Morgan fingerprint density at radius 3 is 2.24 bits per heavy atom. The van der Waals surface area contributed by atoms with E-state index in [9.17, 15) is 9.59 Å². The first-order valence-corrected chi connectivity index (χ1v) is 6.42. The number of hydrogen-bond donors (Lipinski definition) is 2. The highest BCUT2D eigenvalue weighted by Crippen LogP contribution is 2.17. The maximum absolute atomic E-state index is 11.8. The average molecular weight is 242 g/mol. The molecule has 3 atom stereocenters. The summed E-state index contributed by atoms with van der Waals surface area (Å²) in [5.41, 5.74) is 5.41. The predicted octanol–water partition coefficient (Wildman–Crippen LogP) is 1.48. The number of hydrogen-bond acceptors (Lipinski definition) is 3. The molecule has 1 amide bonds. The quantitative estimate of drug-likeness (QED) is 0.677. The summed E-state index contributed by atoms with van der Waals surface area (Å²) in [7, 11) is 0. The van der Waals surface area contributed by atoms with Crippen molar-refractivity contribution < 1.29 is 9.59 Å². The Morgan fingerprint density at radius 1 is 1.24 bits per heavy atom. The van der Waals surface area contributed by atoms with Crippen LogP contribution in [0.5, 0.6) is 0 Å². The molecule has 0 aliphatic rings. The van der Waals surface area contributed by atoms with E-state index in [1.807, 2.05) is 0 Å². The van der Waals surface area contributed by atoms with E-state index in [0.29, 0.717) is 31.2 Å². The lowest BCUT2D eigenvalue weighted by atomic mass is 9.90. The first-order chi connectivity index (χ1) is 7.92. The molecule has 3 unspecified atom stereocenters. The van der Waals surface area contributed by atoms with E-state index in [1.54, 1.807) is 0 Å². The number of Topliss-reactive ketones (excluding diaryl/α,β-unsaturated/α-hetero) is 1. The van der Waals surface area contributed by atoms with Gasteiger partial charge in [-0.2, -0.15) is 0 Å². The van der Waals surface area contributed by atoms with Crippen LogP contribution >= 0.6 is 0 Å². The minimum absolute atomic E-state index is 0.0278. The van der Waals surface area contributed by atoms with Crippen LogP contribution in [0.1, 0.15) is 47.0 Å². The molecule has 0 saturated carbocycles. The molecule has 0 fully saturated rings. The van der Waals surface area contributed by atoms with Crippen molar-refractivity contribution in [2.24, 2.45) is 17.6 Å². The number of ketones is 1. The molecule has 0 radical (unpaired) electrons. The van der Waals surface area contributed by atoms with Gasteiger partial charge in [-0.25, -0.2) is 0 Å². The van der Waals surface area contributed by atoms with Gasteiger partial charge in [-0.1, -0.05) is 27.2 Å². The topological polar surface area (TPSA) is 72.2 Å². The molecule has 4 nitrogen and oxygen atoms in total. The van der Waals surface area contributed by atoms with E-state index in [-0.39, 0.29) is 11.7 Å². The van der Waals surface area contributed by atoms with Gasteiger partial charge in [0, 0.05) is 6.42 Å². The Morgan fingerprint density at radius 2 is 1.82 bits per heavy atom. The SMILES string of the molecule is CCC(C)C(C)CC(=O)NC(CCN)C(C)=O. The summed E-state index contributed by atoms with van der Waals surface area (Å²) in [4.78, 5) is 23.0. The Bertz CT molecular complexity index is 254. The van der Waals surface area contributed by atoms with Gasteiger partial charge in [0.15, 0.2) is 5.78 Å². The highest BCUT2D eigenvalue weighted by atomic mass is 16.2. The lowest BCUT2D eigenvalue weighted by molar-refractivity contribution is -0.127. The second-order valence-corrected chi connectivity index (χ2v) is 4.88. The standard InChI is InChI=1S/C13H26N2O2/c1-5-9(2)10(3)8-13(17)15-12(6-7-14)11(4)16/h9-10,12H,5-8,14H2,1-4H3,(H,15,17). The molecule has 0 saturated heterocycles. The molecule has 0 aromatic rings. The van der Waals surface area contributed by atoms with Crippen LogP contribution < -0.4 is 11.1 Å². The van der Waals surface area contributed by atoms with E-state index < -0.39 is 6.04 Å². The molecule has 0 aromatic heterocycles. The molecule has 0 aliphatic heterocycles. The molecule has 0 rings (SSSR count). The number of nitrogens with two attached hydrogens (primary N) is 1. The molecule has 4 heteroatoms. The second kappa shape index (κ2) is 8.23. The van der Waals surface area contributed by atoms with Gasteiger partial charge in [0.25, 0.3) is 0 Å². The Kier molecular flexibility index (Phi) is 7.79. The van der Waals surface area contributed by atoms with Gasteiger partial charge >= 0.3 is 0 Å². The van der Waals surface area contributed by atoms with Crippen LogP contribution in [0.15, 0.2) is 0 Å². The third-order valence-electron chi connectivity index (χ3n) is 3.40. The third kappa shape index (κ3) is 6.41. The van der Waals surface area contributed by atoms with Crippen molar-refractivity contribution in [3.8, 4) is 0 Å². The predicted molar refractivity (Wildman–Crippen MR) is 69.5 cm³/mol. The smallest absolute Gasteiger partial charge is 0.220 e. The van der Waals surface area contributed by atoms with Crippen LogP contribution in [0, 0.1) is 11.8 Å². The highest BCUT2D eigenvalue weighted by Gasteiger charge is 2.19. The molecular weight excluding hydrogens is 216 g/mol. The van der Waals surface area contributed by atoms with E-state index >= 15 is 0 Å². The van der Waals surface area contributed by atoms with Crippen LogP contribution in [0.4, 0.5) is 0 Å². The van der Waals surface area contributed by atoms with Gasteiger partial charge < -0.3 is 11.1 Å². The fourth-order valence-corrected chi connectivity index (χ4v) is 1.69. The normalized spacial score (nSPS) is 16.1. The van der Waals surface area contributed by atoms with Crippen LogP contribution in [0.3, 0.4) is 0 Å². The van der Waals surface area contributed by atoms with Gasteiger partial charge in [0.2, 0.25) is 5.91 Å². The van der Waals surface area contributed by atoms with Crippen LogP contribution in [0.2, 0.25) is 0 Å². The number of carbonyl (C=O) groups is 2. The molecule has 100 valence electrons. The monoisotopic (exact) mass is 242 g/mol. The number of amides is 1. The zero-order valence-corrected chi connectivity index (χ0v) is 11.5. The Balaban J connectivity index is 4.18. The van der Waals surface area contributed by atoms with Crippen molar-refractivity contribution >= 4 is 11.7 Å². The maximum Gasteiger partial charge on any atom is 0.220 e. The maximum atomic E-state index is 11.8. The zero-order valence-electron chi connectivity index (χ0n) is 11.5. The van der Waals surface area contributed by atoms with E-state index in [0.717, 1.165) is 6.42 Å². The van der Waals surface area contributed by atoms with E-state index in [1.165, 1.54) is 6.92 Å². The lowest BCUT2D eigenvalue weighted by Gasteiger charge is -2.20. The number of carbonyl (C=O) groups excluding carboxylic acids is 2. The average Bonchev–Trinajstić information content (AvgIpc) is 2.26. The number of rotatable bonds is 8. The lowest BCUT2D eigenvalue weighted by Crippen LogP contribution is -2.41. The van der Waals surface area contributed by atoms with Crippen LogP contribution in [0.25, 0.3) is 0 Å². The molecule has 0 aliphatic carbocycles. The fourth-order valence-electron chi connectivity index (χ4n) is 1.69. The molecule has 3 N–H and O–H groups in total. The van der Waals surface area contributed by atoms with Crippen molar-refractivity contribution in [1.82, 2.24) is 5.32 Å². The summed E-state index contributed by atoms with van der Waals surface area (Å²) in [5, 5.41) is 2.76.